The summed E-state index contributed by atoms with van der Waals surface area (Å²) < 4.78 is 92.7. The molecule has 0 fully saturated rings. The van der Waals surface area contributed by atoms with Crippen LogP contribution < -0.4 is 9.03 Å². The van der Waals surface area contributed by atoms with Crippen molar-refractivity contribution >= 4 is 41.3 Å². The van der Waals surface area contributed by atoms with Gasteiger partial charge in [0.25, 0.3) is 20.0 Å². The molecule has 0 unspecified atom stereocenters. The third-order valence-electron chi connectivity index (χ3n) is 5.36. The van der Waals surface area contributed by atoms with Gasteiger partial charge in [0.05, 0.1) is 26.1 Å². The van der Waals surface area contributed by atoms with Crippen LogP contribution in [-0.2, 0) is 36.3 Å². The van der Waals surface area contributed by atoms with Gasteiger partial charge in [-0.2, -0.15) is 0 Å². The van der Waals surface area contributed by atoms with Crippen LogP contribution >= 0.6 is 0 Å². The van der Waals surface area contributed by atoms with Gasteiger partial charge in [-0.1, -0.05) is 12.1 Å². The molecule has 0 atom stereocenters. The summed E-state index contributed by atoms with van der Waals surface area (Å²) in [4.78, 5) is -0.466. The minimum atomic E-state index is -4.16. The van der Waals surface area contributed by atoms with E-state index in [1.165, 1.54) is 46.8 Å². The predicted molar refractivity (Wildman–Crippen MR) is 126 cm³/mol. The number of fused-ring (bicyclic) bond motifs is 1. The largest absolute Gasteiger partial charge is 0.280 e. The average molecular weight is 525 g/mol. The first kappa shape index (κ1) is 24.2. The maximum atomic E-state index is 13.3. The van der Waals surface area contributed by atoms with Gasteiger partial charge in [0.15, 0.2) is 9.84 Å². The Morgan fingerprint density at radius 3 is 2.18 bits per heavy atom. The predicted octanol–water partition coefficient (Wildman–Crippen LogP) is 3.17. The summed E-state index contributed by atoms with van der Waals surface area (Å²) in [5.74, 6) is -0.561. The Morgan fingerprint density at radius 1 is 0.824 bits per heavy atom. The van der Waals surface area contributed by atoms with E-state index in [-0.39, 0.29) is 26.9 Å². The molecule has 0 radical (unpaired) electrons. The molecule has 0 saturated heterocycles. The van der Waals surface area contributed by atoms with Gasteiger partial charge < -0.3 is 0 Å². The van der Waals surface area contributed by atoms with Gasteiger partial charge in [0.2, 0.25) is 0 Å². The molecule has 1 heterocycles. The minimum absolute atomic E-state index is 0.0784. The zero-order valence-electron chi connectivity index (χ0n) is 18.0. The first-order chi connectivity index (χ1) is 15.9. The van der Waals surface area contributed by atoms with Gasteiger partial charge in [-0.15, -0.1) is 0 Å². The van der Waals surface area contributed by atoms with Crippen LogP contribution in [0.1, 0.15) is 12.0 Å². The molecule has 1 N–H and O–H groups in total. The Labute approximate surface area is 198 Å². The highest BCUT2D eigenvalue weighted by molar-refractivity contribution is 7.93. The number of sulfone groups is 1. The summed E-state index contributed by atoms with van der Waals surface area (Å²) in [5, 5.41) is 0. The van der Waals surface area contributed by atoms with E-state index >= 15 is 0 Å². The molecule has 0 amide bonds. The number of aryl methyl sites for hydroxylation is 1. The van der Waals surface area contributed by atoms with E-state index in [2.05, 4.69) is 4.72 Å². The van der Waals surface area contributed by atoms with Crippen LogP contribution in [0.15, 0.2) is 81.4 Å². The van der Waals surface area contributed by atoms with Crippen molar-refractivity contribution in [3.8, 4) is 0 Å². The van der Waals surface area contributed by atoms with Crippen molar-refractivity contribution in [1.82, 2.24) is 0 Å². The number of rotatable bonds is 6. The van der Waals surface area contributed by atoms with Crippen molar-refractivity contribution in [2.24, 2.45) is 0 Å². The number of halogens is 1. The molecule has 8 nitrogen and oxygen atoms in total. The lowest BCUT2D eigenvalue weighted by atomic mass is 10.0. The highest BCUT2D eigenvalue weighted by Crippen LogP contribution is 2.35. The molecule has 0 bridgehead atoms. The van der Waals surface area contributed by atoms with Gasteiger partial charge in [-0.25, -0.2) is 29.6 Å². The number of benzene rings is 3. The Morgan fingerprint density at radius 2 is 1.50 bits per heavy atom. The zero-order valence-corrected chi connectivity index (χ0v) is 20.4. The number of hydrogen-bond acceptors (Lipinski definition) is 6. The second kappa shape index (κ2) is 8.67. The van der Waals surface area contributed by atoms with Gasteiger partial charge in [0.1, 0.15) is 5.82 Å². The topological polar surface area (TPSA) is 118 Å². The molecule has 1 aliphatic rings. The summed E-state index contributed by atoms with van der Waals surface area (Å²) in [5.41, 5.74) is 1.16. The molecule has 1 aliphatic heterocycles. The number of sulfonamides is 2. The van der Waals surface area contributed by atoms with Crippen molar-refractivity contribution < 1.29 is 29.6 Å². The van der Waals surface area contributed by atoms with Crippen LogP contribution in [-0.4, -0.2) is 38.1 Å². The zero-order chi connectivity index (χ0) is 24.7. The number of anilines is 2. The van der Waals surface area contributed by atoms with Crippen molar-refractivity contribution in [2.75, 3.05) is 21.8 Å². The smallest absolute Gasteiger partial charge is 0.264 e. The van der Waals surface area contributed by atoms with Crippen LogP contribution in [0.2, 0.25) is 0 Å². The fourth-order valence-electron chi connectivity index (χ4n) is 3.67. The fraction of sp³-hybridized carbons (Fsp3) is 0.182. The van der Waals surface area contributed by atoms with Crippen LogP contribution in [0.25, 0.3) is 0 Å². The Balaban J connectivity index is 1.70. The first-order valence-electron chi connectivity index (χ1n) is 10.1. The van der Waals surface area contributed by atoms with Crippen molar-refractivity contribution in [1.29, 1.82) is 0 Å². The third kappa shape index (κ3) is 4.79. The lowest BCUT2D eigenvalue weighted by molar-refractivity contribution is 0.585. The van der Waals surface area contributed by atoms with Crippen molar-refractivity contribution in [3.63, 3.8) is 0 Å². The van der Waals surface area contributed by atoms with Crippen LogP contribution in [0.3, 0.4) is 0 Å². The van der Waals surface area contributed by atoms with E-state index in [1.54, 1.807) is 6.07 Å². The van der Waals surface area contributed by atoms with E-state index in [4.69, 9.17) is 0 Å². The average Bonchev–Trinajstić information content (AvgIpc) is 2.78. The molecular weight excluding hydrogens is 503 g/mol. The van der Waals surface area contributed by atoms with Crippen LogP contribution in [0.5, 0.6) is 0 Å². The first-order valence-corrected chi connectivity index (χ1v) is 14.9. The molecular formula is C22H21FN2O6S3. The second-order valence-electron chi connectivity index (χ2n) is 7.83. The molecule has 3 aromatic rings. The number of nitrogens with zero attached hydrogens (tertiary/aromatic N) is 1. The lowest BCUT2D eigenvalue weighted by Crippen LogP contribution is -2.35. The normalized spacial score (nSPS) is 14.5. The molecule has 3 aromatic carbocycles. The third-order valence-corrected chi connectivity index (χ3v) is 9.68. The molecule has 180 valence electrons. The second-order valence-corrected chi connectivity index (χ2v) is 13.4. The highest BCUT2D eigenvalue weighted by atomic mass is 32.2. The lowest BCUT2D eigenvalue weighted by Gasteiger charge is -2.31. The van der Waals surface area contributed by atoms with Gasteiger partial charge in [0, 0.05) is 12.8 Å². The van der Waals surface area contributed by atoms with Gasteiger partial charge in [-0.3, -0.25) is 9.03 Å². The monoisotopic (exact) mass is 524 g/mol. The van der Waals surface area contributed by atoms with E-state index in [1.807, 2.05) is 0 Å². The molecule has 34 heavy (non-hydrogen) atoms. The van der Waals surface area contributed by atoms with Crippen LogP contribution in [0.4, 0.5) is 15.8 Å². The molecule has 4 rings (SSSR count). The summed E-state index contributed by atoms with van der Waals surface area (Å²) >= 11 is 0. The molecule has 0 aromatic heterocycles. The summed E-state index contributed by atoms with van der Waals surface area (Å²) in [6.07, 6.45) is 2.15. The molecule has 12 heteroatoms. The molecule has 0 saturated carbocycles. The number of nitrogens with one attached hydrogen (secondary N) is 1. The van der Waals surface area contributed by atoms with Crippen molar-refractivity contribution in [3.05, 3.63) is 78.1 Å². The van der Waals surface area contributed by atoms with Gasteiger partial charge in [-0.05, 0) is 73.0 Å². The Bertz CT molecular complexity index is 1570. The molecule has 0 aliphatic carbocycles. The van der Waals surface area contributed by atoms with E-state index in [0.717, 1.165) is 30.0 Å². The maximum absolute atomic E-state index is 13.3. The maximum Gasteiger partial charge on any atom is 0.264 e. The van der Waals surface area contributed by atoms with E-state index < -0.39 is 35.7 Å². The van der Waals surface area contributed by atoms with Crippen LogP contribution in [0, 0.1) is 5.82 Å². The summed E-state index contributed by atoms with van der Waals surface area (Å²) in [7, 11) is -11.8. The van der Waals surface area contributed by atoms with Crippen molar-refractivity contribution in [2.45, 2.75) is 27.5 Å². The van der Waals surface area contributed by atoms with Gasteiger partial charge >= 0.3 is 0 Å². The fourth-order valence-corrected chi connectivity index (χ4v) is 7.04. The summed E-state index contributed by atoms with van der Waals surface area (Å²) in [6.45, 7) is 0.180. The quantitative estimate of drug-likeness (QED) is 0.529. The van der Waals surface area contributed by atoms with E-state index in [0.29, 0.717) is 18.5 Å². The summed E-state index contributed by atoms with van der Waals surface area (Å²) in [6, 6.07) is 14.0. The Hall–Kier alpha value is -2.96. The highest BCUT2D eigenvalue weighted by Gasteiger charge is 2.30. The standard InChI is InChI=1S/C22H21FN2O6S3/c1-32(26,27)20-5-2-6-21(15-20)33(28,29)24-18-10-7-16-4-3-13-25(22(16)14-18)34(30,31)19-11-8-17(23)9-12-19/h2,5-12,14-15,24H,3-4,13H2,1H3. The minimum Gasteiger partial charge on any atom is -0.280 e. The molecule has 0 spiro atoms. The Kier molecular flexibility index (Phi) is 6.17. The number of hydrogen-bond donors (Lipinski definition) is 1. The van der Waals surface area contributed by atoms with E-state index in [9.17, 15) is 29.6 Å². The SMILES string of the molecule is CS(=O)(=O)c1cccc(S(=O)(=O)Nc2ccc3c(c2)N(S(=O)(=O)c2ccc(F)cc2)CCC3)c1.